The maximum Gasteiger partial charge on any atom is 0.0992 e. The van der Waals surface area contributed by atoms with Gasteiger partial charge in [0.15, 0.2) is 0 Å². The first-order valence-electron chi connectivity index (χ1n) is 5.42. The molecule has 16 heavy (non-hydrogen) atoms. The highest BCUT2D eigenvalue weighted by atomic mass is 79.9. The Morgan fingerprint density at radius 1 is 1.50 bits per heavy atom. The number of anilines is 1. The molecule has 0 radical (unpaired) electrons. The molecule has 1 aromatic rings. The summed E-state index contributed by atoms with van der Waals surface area (Å²) >= 11 is 3.43. The Bertz CT molecular complexity index is 425. The van der Waals surface area contributed by atoms with Gasteiger partial charge in [0.25, 0.3) is 0 Å². The molecule has 1 aliphatic heterocycles. The summed E-state index contributed by atoms with van der Waals surface area (Å²) in [5, 5.41) is 8.94. The first-order chi connectivity index (χ1) is 7.74. The molecule has 1 atom stereocenters. The van der Waals surface area contributed by atoms with E-state index in [1.54, 1.807) is 0 Å². The second-order valence-corrected chi connectivity index (χ2v) is 4.95. The fourth-order valence-corrected chi connectivity index (χ4v) is 2.71. The predicted molar refractivity (Wildman–Crippen MR) is 68.3 cm³/mol. The van der Waals surface area contributed by atoms with Crippen molar-refractivity contribution in [1.82, 2.24) is 0 Å². The molecule has 0 bridgehead atoms. The number of nitrogens with two attached hydrogens (primary N) is 1. The maximum atomic E-state index is 8.94. The summed E-state index contributed by atoms with van der Waals surface area (Å²) in [5.74, 6) is 0. The second kappa shape index (κ2) is 4.86. The van der Waals surface area contributed by atoms with E-state index in [1.807, 2.05) is 12.1 Å². The molecule has 2 N–H and O–H groups in total. The smallest absolute Gasteiger partial charge is 0.0992 e. The van der Waals surface area contributed by atoms with E-state index >= 15 is 0 Å². The summed E-state index contributed by atoms with van der Waals surface area (Å²) in [4.78, 5) is 2.30. The van der Waals surface area contributed by atoms with E-state index in [0.717, 1.165) is 23.1 Å². The minimum absolute atomic E-state index is 0.417. The lowest BCUT2D eigenvalue weighted by molar-refractivity contribution is 0.677. The molecule has 84 valence electrons. The van der Waals surface area contributed by atoms with Crippen LogP contribution in [0.1, 0.15) is 18.4 Å². The van der Waals surface area contributed by atoms with Crippen LogP contribution in [0.4, 0.5) is 5.69 Å². The van der Waals surface area contributed by atoms with E-state index in [0.29, 0.717) is 18.2 Å². The molecule has 1 heterocycles. The molecule has 3 nitrogen and oxygen atoms in total. The van der Waals surface area contributed by atoms with Gasteiger partial charge in [0, 0.05) is 29.3 Å². The zero-order valence-electron chi connectivity index (χ0n) is 8.99. The highest BCUT2D eigenvalue weighted by Crippen LogP contribution is 2.28. The largest absolute Gasteiger partial charge is 0.367 e. The third kappa shape index (κ3) is 2.21. The van der Waals surface area contributed by atoms with E-state index in [-0.39, 0.29) is 0 Å². The molecule has 0 amide bonds. The second-order valence-electron chi connectivity index (χ2n) is 4.04. The van der Waals surface area contributed by atoms with E-state index < -0.39 is 0 Å². The third-order valence-electron chi connectivity index (χ3n) is 2.99. The fourth-order valence-electron chi connectivity index (χ4n) is 2.23. The summed E-state index contributed by atoms with van der Waals surface area (Å²) in [7, 11) is 0. The Labute approximate surface area is 104 Å². The molecule has 1 aliphatic rings. The monoisotopic (exact) mass is 279 g/mol. The van der Waals surface area contributed by atoms with Gasteiger partial charge >= 0.3 is 0 Å². The van der Waals surface area contributed by atoms with Crippen LogP contribution in [0, 0.1) is 11.3 Å². The fraction of sp³-hybridized carbons (Fsp3) is 0.417. The highest BCUT2D eigenvalue weighted by molar-refractivity contribution is 9.10. The van der Waals surface area contributed by atoms with Crippen LogP contribution >= 0.6 is 15.9 Å². The van der Waals surface area contributed by atoms with Crippen LogP contribution in [0.5, 0.6) is 0 Å². The van der Waals surface area contributed by atoms with Crippen LogP contribution in [0.25, 0.3) is 0 Å². The lowest BCUT2D eigenvalue weighted by Gasteiger charge is -2.26. The molecule has 0 aliphatic carbocycles. The quantitative estimate of drug-likeness (QED) is 0.904. The van der Waals surface area contributed by atoms with Crippen molar-refractivity contribution < 1.29 is 0 Å². The molecule has 1 unspecified atom stereocenters. The van der Waals surface area contributed by atoms with Crippen LogP contribution in [-0.4, -0.2) is 19.1 Å². The van der Waals surface area contributed by atoms with Gasteiger partial charge in [-0.15, -0.1) is 0 Å². The van der Waals surface area contributed by atoms with Gasteiger partial charge in [-0.3, -0.25) is 0 Å². The average Bonchev–Trinajstić information content (AvgIpc) is 2.76. The van der Waals surface area contributed by atoms with Crippen molar-refractivity contribution in [3.8, 4) is 6.07 Å². The third-order valence-corrected chi connectivity index (χ3v) is 3.45. The molecule has 0 aromatic heterocycles. The van der Waals surface area contributed by atoms with Gasteiger partial charge in [-0.25, -0.2) is 0 Å². The number of nitriles is 1. The number of halogens is 1. The number of nitrogens with zero attached hydrogens (tertiary/aromatic N) is 2. The first-order valence-corrected chi connectivity index (χ1v) is 6.21. The molecular formula is C12H14BrN3. The summed E-state index contributed by atoms with van der Waals surface area (Å²) in [6.45, 7) is 1.71. The van der Waals surface area contributed by atoms with Crippen LogP contribution in [0.3, 0.4) is 0 Å². The van der Waals surface area contributed by atoms with Crippen molar-refractivity contribution in [3.63, 3.8) is 0 Å². The number of hydrogen-bond donors (Lipinski definition) is 1. The highest BCUT2D eigenvalue weighted by Gasteiger charge is 2.23. The van der Waals surface area contributed by atoms with Crippen molar-refractivity contribution in [2.45, 2.75) is 18.9 Å². The van der Waals surface area contributed by atoms with Gasteiger partial charge in [-0.1, -0.05) is 15.9 Å². The minimum atomic E-state index is 0.417. The minimum Gasteiger partial charge on any atom is -0.367 e. The van der Waals surface area contributed by atoms with Crippen molar-refractivity contribution in [3.05, 3.63) is 28.2 Å². The van der Waals surface area contributed by atoms with Crippen LogP contribution in [-0.2, 0) is 0 Å². The molecule has 0 spiro atoms. The van der Waals surface area contributed by atoms with E-state index in [9.17, 15) is 0 Å². The SMILES string of the molecule is N#Cc1cc(Br)cc(N2CCCC2CN)c1. The lowest BCUT2D eigenvalue weighted by atomic mass is 10.1. The molecule has 2 rings (SSSR count). The van der Waals surface area contributed by atoms with E-state index in [1.165, 1.54) is 6.42 Å². The van der Waals surface area contributed by atoms with Gasteiger partial charge < -0.3 is 10.6 Å². The predicted octanol–water partition coefficient (Wildman–Crippen LogP) is 2.25. The standard InChI is InChI=1S/C12H14BrN3/c13-10-4-9(7-14)5-12(6-10)16-3-1-2-11(16)8-15/h4-6,11H,1-3,8,15H2. The summed E-state index contributed by atoms with van der Waals surface area (Å²) in [6.07, 6.45) is 2.32. The van der Waals surface area contributed by atoms with Gasteiger partial charge in [0.05, 0.1) is 11.6 Å². The molecular weight excluding hydrogens is 266 g/mol. The molecule has 1 fully saturated rings. The molecule has 4 heteroatoms. The molecule has 1 aromatic carbocycles. The Balaban J connectivity index is 2.33. The Kier molecular flexibility index (Phi) is 3.47. The van der Waals surface area contributed by atoms with Crippen molar-refractivity contribution in [2.24, 2.45) is 5.73 Å². The summed E-state index contributed by atoms with van der Waals surface area (Å²) in [5.41, 5.74) is 7.54. The van der Waals surface area contributed by atoms with Crippen molar-refractivity contribution in [1.29, 1.82) is 5.26 Å². The number of rotatable bonds is 2. The Morgan fingerprint density at radius 3 is 3.00 bits per heavy atom. The van der Waals surface area contributed by atoms with Crippen molar-refractivity contribution >= 4 is 21.6 Å². The normalized spacial score (nSPS) is 19.8. The van der Waals surface area contributed by atoms with Gasteiger partial charge in [0.2, 0.25) is 0 Å². The van der Waals surface area contributed by atoms with E-state index in [2.05, 4.69) is 33.0 Å². The first kappa shape index (κ1) is 11.4. The zero-order chi connectivity index (χ0) is 11.5. The van der Waals surface area contributed by atoms with Gasteiger partial charge in [-0.05, 0) is 31.0 Å². The maximum absolute atomic E-state index is 8.94. The van der Waals surface area contributed by atoms with Crippen molar-refractivity contribution in [2.75, 3.05) is 18.0 Å². The van der Waals surface area contributed by atoms with Gasteiger partial charge in [-0.2, -0.15) is 5.26 Å². The van der Waals surface area contributed by atoms with Crippen LogP contribution < -0.4 is 10.6 Å². The summed E-state index contributed by atoms with van der Waals surface area (Å²) in [6, 6.07) is 8.40. The molecule has 0 saturated carbocycles. The van der Waals surface area contributed by atoms with Gasteiger partial charge in [0.1, 0.15) is 0 Å². The Hall–Kier alpha value is -1.05. The zero-order valence-corrected chi connectivity index (χ0v) is 10.6. The number of benzene rings is 1. The number of hydrogen-bond acceptors (Lipinski definition) is 3. The average molecular weight is 280 g/mol. The van der Waals surface area contributed by atoms with Crippen LogP contribution in [0.15, 0.2) is 22.7 Å². The lowest BCUT2D eigenvalue weighted by Crippen LogP contribution is -2.35. The summed E-state index contributed by atoms with van der Waals surface area (Å²) < 4.78 is 0.948. The van der Waals surface area contributed by atoms with E-state index in [4.69, 9.17) is 11.0 Å². The van der Waals surface area contributed by atoms with Crippen LogP contribution in [0.2, 0.25) is 0 Å². The Morgan fingerprint density at radius 2 is 2.31 bits per heavy atom. The molecule has 1 saturated heterocycles. The topological polar surface area (TPSA) is 53.0 Å².